The van der Waals surface area contributed by atoms with Gasteiger partial charge in [-0.25, -0.2) is 0 Å². The van der Waals surface area contributed by atoms with E-state index < -0.39 is 0 Å². The largest absolute Gasteiger partial charge is 0.299 e. The van der Waals surface area contributed by atoms with Crippen LogP contribution in [0.15, 0.2) is 0 Å². The molecule has 0 unspecified atom stereocenters. The molecule has 0 aromatic heterocycles. The molecular formula is C11H11IO. The summed E-state index contributed by atoms with van der Waals surface area (Å²) in [7, 11) is 0. The molecular weight excluding hydrogens is 275 g/mol. The molecule has 0 N–H and O–H groups in total. The lowest BCUT2D eigenvalue weighted by Gasteiger charge is -2.32. The summed E-state index contributed by atoms with van der Waals surface area (Å²) in [6.45, 7) is 0. The van der Waals surface area contributed by atoms with Crippen LogP contribution in [0.5, 0.6) is 0 Å². The Morgan fingerprint density at radius 1 is 1.00 bits per heavy atom. The van der Waals surface area contributed by atoms with Gasteiger partial charge in [-0.2, -0.15) is 0 Å². The zero-order valence-electron chi connectivity index (χ0n) is 7.19. The summed E-state index contributed by atoms with van der Waals surface area (Å²) < 4.78 is 0.879. The highest BCUT2D eigenvalue weighted by molar-refractivity contribution is 14.1. The predicted molar refractivity (Wildman–Crippen MR) is 55.4 cm³/mol. The SMILES string of the molecule is O=C1[C@H]2[C@@H]3C[C@@H]4[C@H]2[C@H]2[C@H](I)[C@@H]4[C@@H]3[C@@H]12. The van der Waals surface area contributed by atoms with Gasteiger partial charge in [-0.3, -0.25) is 4.79 Å². The fraction of sp³-hybridized carbons (Fsp3) is 0.909. The van der Waals surface area contributed by atoms with Crippen LogP contribution in [0.3, 0.4) is 0 Å². The van der Waals surface area contributed by atoms with Crippen molar-refractivity contribution in [1.29, 1.82) is 0 Å². The van der Waals surface area contributed by atoms with Crippen LogP contribution in [0.25, 0.3) is 0 Å². The van der Waals surface area contributed by atoms with Gasteiger partial charge in [0.15, 0.2) is 0 Å². The summed E-state index contributed by atoms with van der Waals surface area (Å²) in [5.41, 5.74) is 0. The zero-order valence-corrected chi connectivity index (χ0v) is 9.35. The fourth-order valence-corrected chi connectivity index (χ4v) is 8.13. The number of Topliss-reactive ketones (excluding diaryl/α,β-unsaturated/α-hetero) is 1. The number of hydrogen-bond acceptors (Lipinski definition) is 1. The molecule has 2 heteroatoms. The normalized spacial score (nSPS) is 79.8. The molecule has 13 heavy (non-hydrogen) atoms. The van der Waals surface area contributed by atoms with Crippen molar-refractivity contribution in [2.75, 3.05) is 0 Å². The van der Waals surface area contributed by atoms with Gasteiger partial charge in [-0.05, 0) is 41.9 Å². The Balaban J connectivity index is 1.90. The van der Waals surface area contributed by atoms with Crippen LogP contribution in [-0.4, -0.2) is 9.71 Å². The molecule has 0 aliphatic heterocycles. The van der Waals surface area contributed by atoms with Crippen molar-refractivity contribution in [2.45, 2.75) is 10.3 Å². The minimum absolute atomic E-state index is 0.561. The Morgan fingerprint density at radius 2 is 1.77 bits per heavy atom. The summed E-state index contributed by atoms with van der Waals surface area (Å²) in [5.74, 6) is 7.27. The van der Waals surface area contributed by atoms with Gasteiger partial charge in [0.2, 0.25) is 0 Å². The third-order valence-corrected chi connectivity index (χ3v) is 7.67. The molecule has 6 bridgehead atoms. The van der Waals surface area contributed by atoms with E-state index in [1.807, 2.05) is 0 Å². The van der Waals surface area contributed by atoms with Crippen LogP contribution in [0, 0.1) is 47.3 Å². The minimum Gasteiger partial charge on any atom is -0.299 e. The molecule has 9 atom stereocenters. The summed E-state index contributed by atoms with van der Waals surface area (Å²) in [4.78, 5) is 12.0. The first-order valence-corrected chi connectivity index (χ1v) is 6.73. The number of alkyl halides is 1. The molecule has 0 radical (unpaired) electrons. The van der Waals surface area contributed by atoms with Crippen LogP contribution in [0.2, 0.25) is 0 Å². The molecule has 6 aliphatic carbocycles. The molecule has 0 amide bonds. The Morgan fingerprint density at radius 3 is 2.54 bits per heavy atom. The van der Waals surface area contributed by atoms with E-state index in [2.05, 4.69) is 22.6 Å². The van der Waals surface area contributed by atoms with Crippen molar-refractivity contribution < 1.29 is 4.79 Å². The number of hydrogen-bond donors (Lipinski definition) is 0. The van der Waals surface area contributed by atoms with E-state index in [1.165, 1.54) is 6.42 Å². The van der Waals surface area contributed by atoms with E-state index in [0.29, 0.717) is 17.6 Å². The van der Waals surface area contributed by atoms with Crippen LogP contribution >= 0.6 is 22.6 Å². The molecule has 6 fully saturated rings. The molecule has 1 nitrogen and oxygen atoms in total. The Kier molecular flexibility index (Phi) is 0.856. The topological polar surface area (TPSA) is 17.1 Å². The second-order valence-electron chi connectivity index (χ2n) is 5.77. The third kappa shape index (κ3) is 0.422. The van der Waals surface area contributed by atoms with Crippen LogP contribution < -0.4 is 0 Å². The van der Waals surface area contributed by atoms with Crippen LogP contribution in [0.4, 0.5) is 0 Å². The maximum Gasteiger partial charge on any atom is 0.140 e. The molecule has 68 valence electrons. The highest BCUT2D eigenvalue weighted by Gasteiger charge is 2.83. The smallest absolute Gasteiger partial charge is 0.140 e. The number of halogens is 1. The number of rotatable bonds is 0. The quantitative estimate of drug-likeness (QED) is 0.490. The molecule has 6 aliphatic rings. The molecule has 6 rings (SSSR count). The Labute approximate surface area is 90.8 Å². The van der Waals surface area contributed by atoms with Gasteiger partial charge in [0.25, 0.3) is 0 Å². The van der Waals surface area contributed by atoms with E-state index in [1.54, 1.807) is 0 Å². The van der Waals surface area contributed by atoms with Crippen LogP contribution in [-0.2, 0) is 4.79 Å². The second kappa shape index (κ2) is 1.63. The van der Waals surface area contributed by atoms with Crippen molar-refractivity contribution in [2.24, 2.45) is 47.3 Å². The van der Waals surface area contributed by atoms with Crippen LogP contribution in [0.1, 0.15) is 6.42 Å². The highest BCUT2D eigenvalue weighted by atomic mass is 127. The first-order chi connectivity index (χ1) is 6.30. The lowest BCUT2D eigenvalue weighted by atomic mass is 9.71. The fourth-order valence-electron chi connectivity index (χ4n) is 6.20. The van der Waals surface area contributed by atoms with E-state index in [4.69, 9.17) is 0 Å². The minimum atomic E-state index is 0.561. The lowest BCUT2D eigenvalue weighted by Crippen LogP contribution is -2.30. The molecule has 0 spiro atoms. The maximum absolute atomic E-state index is 12.0. The first kappa shape index (κ1) is 6.81. The van der Waals surface area contributed by atoms with Gasteiger partial charge in [0.1, 0.15) is 5.78 Å². The lowest BCUT2D eigenvalue weighted by molar-refractivity contribution is -0.122. The van der Waals surface area contributed by atoms with E-state index in [0.717, 1.165) is 39.4 Å². The summed E-state index contributed by atoms with van der Waals surface area (Å²) in [6, 6.07) is 0. The monoisotopic (exact) mass is 286 g/mol. The molecule has 0 heterocycles. The summed E-state index contributed by atoms with van der Waals surface area (Å²) in [6.07, 6.45) is 1.43. The van der Waals surface area contributed by atoms with E-state index in [9.17, 15) is 4.79 Å². The summed E-state index contributed by atoms with van der Waals surface area (Å²) >= 11 is 2.66. The van der Waals surface area contributed by atoms with Crippen molar-refractivity contribution >= 4 is 28.4 Å². The first-order valence-electron chi connectivity index (χ1n) is 5.48. The van der Waals surface area contributed by atoms with Gasteiger partial charge >= 0.3 is 0 Å². The van der Waals surface area contributed by atoms with Crippen molar-refractivity contribution in [3.8, 4) is 0 Å². The Bertz CT molecular complexity index is 350. The van der Waals surface area contributed by atoms with Gasteiger partial charge in [-0.15, -0.1) is 0 Å². The number of carbonyl (C=O) groups is 1. The van der Waals surface area contributed by atoms with Crippen molar-refractivity contribution in [3.05, 3.63) is 0 Å². The molecule has 0 aromatic rings. The maximum atomic E-state index is 12.0. The summed E-state index contributed by atoms with van der Waals surface area (Å²) in [5, 5.41) is 0. The van der Waals surface area contributed by atoms with E-state index >= 15 is 0 Å². The second-order valence-corrected chi connectivity index (χ2v) is 7.21. The zero-order chi connectivity index (χ0) is 8.48. The molecule has 0 aromatic carbocycles. The Hall–Kier alpha value is 0.400. The highest BCUT2D eigenvalue weighted by Crippen LogP contribution is 2.82. The van der Waals surface area contributed by atoms with Gasteiger partial charge < -0.3 is 0 Å². The number of carbonyl (C=O) groups excluding carboxylic acids is 1. The molecule has 0 saturated heterocycles. The van der Waals surface area contributed by atoms with Gasteiger partial charge in [-0.1, -0.05) is 22.6 Å². The number of ketones is 1. The van der Waals surface area contributed by atoms with Gasteiger partial charge in [0.05, 0.1) is 0 Å². The average Bonchev–Trinajstić information content (AvgIpc) is 2.78. The predicted octanol–water partition coefficient (Wildman–Crippen LogP) is 1.75. The average molecular weight is 286 g/mol. The van der Waals surface area contributed by atoms with Gasteiger partial charge in [0, 0.05) is 15.8 Å². The third-order valence-electron chi connectivity index (χ3n) is 6.01. The van der Waals surface area contributed by atoms with Crippen molar-refractivity contribution in [1.82, 2.24) is 0 Å². The van der Waals surface area contributed by atoms with Crippen molar-refractivity contribution in [3.63, 3.8) is 0 Å². The molecule has 6 saturated carbocycles. The standard InChI is InChI=1S/C11H11IO/c12-10-6-2-1-3-4(6)9-8(10)5(2)7(3)11(9)13/h2-10H,1H2/t2-,3-,4-,5-,6+,7+,8-,9-,10-/m1/s1. The van der Waals surface area contributed by atoms with E-state index in [-0.39, 0.29) is 0 Å².